The van der Waals surface area contributed by atoms with Crippen LogP contribution in [0, 0.1) is 5.92 Å². The van der Waals surface area contributed by atoms with Crippen molar-refractivity contribution in [2.45, 2.75) is 40.7 Å². The maximum atomic E-state index is 4.43. The van der Waals surface area contributed by atoms with E-state index in [0.717, 1.165) is 0 Å². The van der Waals surface area contributed by atoms with Gasteiger partial charge in [-0.2, -0.15) is 0 Å². The minimum absolute atomic E-state index is 0. The second-order valence-electron chi connectivity index (χ2n) is 2.92. The van der Waals surface area contributed by atoms with E-state index in [1.165, 1.54) is 42.7 Å². The summed E-state index contributed by atoms with van der Waals surface area (Å²) in [7, 11) is 0. The molecule has 16 heteroatoms. The van der Waals surface area contributed by atoms with Gasteiger partial charge < -0.3 is 0 Å². The van der Waals surface area contributed by atoms with E-state index in [0.29, 0.717) is 12.0 Å². The molecule has 0 amide bonds. The molecule has 0 unspecified atom stereocenters. The predicted octanol–water partition coefficient (Wildman–Crippen LogP) is 2.30. The van der Waals surface area contributed by atoms with Crippen molar-refractivity contribution in [1.29, 1.82) is 0 Å². The second kappa shape index (κ2) is 83.9. The molecule has 1 nitrogen and oxygen atoms in total. The van der Waals surface area contributed by atoms with Crippen molar-refractivity contribution < 1.29 is 313 Å². The predicted molar refractivity (Wildman–Crippen MR) is 49.0 cm³/mol. The minimum Gasteiger partial charge on any atom is 0 e. The molecule has 0 aliphatic carbocycles. The number of nitrogens with zero attached hydrogens (tertiary/aromatic N) is 1. The maximum Gasteiger partial charge on any atom is 0 e. The third-order valence-corrected chi connectivity index (χ3v) is 2.95. The molecule has 0 atom stereocenters. The van der Waals surface area contributed by atoms with Crippen LogP contribution in [0.3, 0.4) is 0 Å². The zero-order chi connectivity index (χ0) is 10.1. The molecule has 0 radical (unpaired) electrons. The summed E-state index contributed by atoms with van der Waals surface area (Å²) in [6.45, 7) is 10.5. The van der Waals surface area contributed by atoms with Crippen LogP contribution in [0.25, 0.3) is 5.32 Å². The Hall–Kier alpha value is 10.0. The average molecular weight is 2900 g/mol. The quantitative estimate of drug-likeness (QED) is 0.386. The standard InChI is InChI=1S/C7H14N.C2H3.15W/c1-6(2)5-8-7(3)4;1-2;;;;;;;;;;;;;;;/h6-7H,1-4H3;1H3;;;;;;;;;;;;;;;/q2*-1;;;;;;;;;;;;;;;. The van der Waals surface area contributed by atoms with E-state index in [2.05, 4.69) is 37.4 Å². The molecule has 0 rings (SSSR count). The minimum atomic E-state index is 0. The number of hydrogen-bond acceptors (Lipinski definition) is 0. The first kappa shape index (κ1) is 101. The summed E-state index contributed by atoms with van der Waals surface area (Å²) in [5.41, 5.74) is 0. The molecular formula is C9H17NW15-2. The molecule has 0 spiro atoms. The van der Waals surface area contributed by atoms with Crippen LogP contribution in [0.5, 0.6) is 0 Å². The van der Waals surface area contributed by atoms with Crippen molar-refractivity contribution in [3.05, 3.63) is 5.32 Å². The van der Waals surface area contributed by atoms with Crippen LogP contribution in [0.1, 0.15) is 34.6 Å². The van der Waals surface area contributed by atoms with Gasteiger partial charge in [0.2, 0.25) is 0 Å². The average Bonchev–Trinajstić information content (AvgIpc) is 1.87. The summed E-state index contributed by atoms with van der Waals surface area (Å²) in [5.74, 6) is 0.641. The van der Waals surface area contributed by atoms with Crippen LogP contribution in [0.4, 0.5) is 0 Å². The fourth-order valence-corrected chi connectivity index (χ4v) is 1.16. The van der Waals surface area contributed by atoms with Gasteiger partial charge in [0.25, 0.3) is 0 Å². The van der Waals surface area contributed by atoms with Crippen molar-refractivity contribution in [3.63, 3.8) is 0 Å². The zero-order valence-corrected chi connectivity index (χ0v) is 57.7. The van der Waals surface area contributed by atoms with Crippen molar-refractivity contribution in [3.8, 4) is 0 Å². The second-order valence-corrected chi connectivity index (χ2v) is 5.89. The van der Waals surface area contributed by atoms with Gasteiger partial charge in [0.15, 0.2) is 0 Å². The monoisotopic (exact) mass is 2900 g/mol. The fraction of sp³-hybridized carbons (Fsp3) is 0.778. The molecule has 0 aromatic rings. The van der Waals surface area contributed by atoms with Crippen LogP contribution < -0.4 is 0 Å². The van der Waals surface area contributed by atoms with E-state index in [1.807, 2.05) is 6.92 Å². The summed E-state index contributed by atoms with van der Waals surface area (Å²) < 4.78 is 4.17. The van der Waals surface area contributed by atoms with Crippen molar-refractivity contribution in [2.75, 3.05) is 0 Å². The summed E-state index contributed by atoms with van der Waals surface area (Å²) in [4.78, 5) is 0. The molecule has 0 heterocycles. The largest absolute Gasteiger partial charge is 0 e. The van der Waals surface area contributed by atoms with Crippen LogP contribution in [0.15, 0.2) is 0 Å². The van der Waals surface area contributed by atoms with Crippen LogP contribution in [0.2, 0.25) is 0 Å². The van der Waals surface area contributed by atoms with Gasteiger partial charge in [0.05, 0.1) is 0 Å². The first-order chi connectivity index (χ1) is 5.45. The van der Waals surface area contributed by atoms with Gasteiger partial charge in [-0.3, -0.25) is 0 Å². The van der Waals surface area contributed by atoms with Crippen LogP contribution in [-0.4, -0.2) is 14.5 Å². The van der Waals surface area contributed by atoms with Crippen LogP contribution >= 0.6 is 0 Å². The topological polar surface area (TPSA) is 14.1 Å². The molecule has 0 aliphatic rings. The number of hydrogen-bond donors (Lipinski definition) is 0. The fourth-order valence-electron chi connectivity index (χ4n) is 0.404. The molecule has 150 valence electrons. The Morgan fingerprint density at radius 1 is 0.640 bits per heavy atom. The van der Waals surface area contributed by atoms with Crippen LogP contribution in [-0.2, 0) is 313 Å². The Labute approximate surface area is 364 Å². The first-order valence-electron chi connectivity index (χ1n) is 3.99. The van der Waals surface area contributed by atoms with Gasteiger partial charge in [0, 0.05) is 274 Å². The molecule has 0 N–H and O–H groups in total. The molecule has 0 aromatic heterocycles. The maximum absolute atomic E-state index is 4.43. The van der Waals surface area contributed by atoms with E-state index in [4.69, 9.17) is 0 Å². The molecule has 0 fully saturated rings. The Kier molecular flexibility index (Phi) is 340. The Morgan fingerprint density at radius 2 is 0.800 bits per heavy atom. The van der Waals surface area contributed by atoms with Crippen molar-refractivity contribution in [1.82, 2.24) is 0 Å². The molecule has 0 aromatic carbocycles. The van der Waals surface area contributed by atoms with Gasteiger partial charge in [-0.05, 0) is 0 Å². The summed E-state index contributed by atoms with van der Waals surface area (Å²) >= 11 is 2.93. The van der Waals surface area contributed by atoms with Gasteiger partial charge in [-0.1, -0.05) is 0 Å². The molecule has 0 saturated carbocycles. The van der Waals surface area contributed by atoms with E-state index in [9.17, 15) is 0 Å². The molecule has 0 aliphatic heterocycles. The van der Waals surface area contributed by atoms with E-state index in [1.54, 1.807) is 0 Å². The Bertz CT molecular complexity index is 147. The van der Waals surface area contributed by atoms with E-state index >= 15 is 0 Å². The third-order valence-electron chi connectivity index (χ3n) is 0.879. The Balaban J connectivity index is -0.00000000455. The van der Waals surface area contributed by atoms with Gasteiger partial charge >= 0.3 is 99.0 Å². The van der Waals surface area contributed by atoms with Crippen molar-refractivity contribution in [2.24, 2.45) is 5.92 Å². The van der Waals surface area contributed by atoms with Gasteiger partial charge in [0.1, 0.15) is 0 Å². The zero-order valence-electron chi connectivity index (χ0n) is 13.7. The normalized spacial score (nSPS) is 4.44. The summed E-state index contributed by atoms with van der Waals surface area (Å²) in [5, 5.41) is 4.43. The summed E-state index contributed by atoms with van der Waals surface area (Å²) in [6, 6.07) is 0.472. The molecular weight excluding hydrogens is 2880 g/mol. The van der Waals surface area contributed by atoms with Crippen molar-refractivity contribution >= 4 is 8.42 Å². The molecule has 25 heavy (non-hydrogen) atoms. The third kappa shape index (κ3) is 107. The van der Waals surface area contributed by atoms with E-state index < -0.39 is 0 Å². The first-order valence-corrected chi connectivity index (χ1v) is 6.92. The molecule has 0 bridgehead atoms. The van der Waals surface area contributed by atoms with Gasteiger partial charge in [-0.25, -0.2) is 0 Å². The smallest absolute Gasteiger partial charge is 0 e. The van der Waals surface area contributed by atoms with E-state index in [-0.39, 0.29) is 274 Å². The Morgan fingerprint density at radius 3 is 0.840 bits per heavy atom. The summed E-state index contributed by atoms with van der Waals surface area (Å²) in [6.07, 6.45) is 0. The molecule has 0 saturated heterocycles. The van der Waals surface area contributed by atoms with Gasteiger partial charge in [-0.15, -0.1) is 0 Å². The SMILES string of the molecule is CC(C)[N-][C](=[W])C(C)C.C[C-]=[W].[W].[W].[W].[W].[W].[W].[W].[W].[W].[W].[W].[W].[W]. The number of rotatable bonds is 3.